The molecule has 1 saturated heterocycles. The van der Waals surface area contributed by atoms with Crippen LogP contribution in [0.5, 0.6) is 0 Å². The number of rotatable bonds is 4. The summed E-state index contributed by atoms with van der Waals surface area (Å²) in [6.07, 6.45) is 1.17. The third kappa shape index (κ3) is 3.41. The summed E-state index contributed by atoms with van der Waals surface area (Å²) in [4.78, 5) is 17.3. The van der Waals surface area contributed by atoms with Gasteiger partial charge in [-0.1, -0.05) is 6.07 Å². The fraction of sp³-hybridized carbons (Fsp3) is 0.526. The summed E-state index contributed by atoms with van der Waals surface area (Å²) >= 11 is 5.88. The largest absolute Gasteiger partial charge is 0.448 e. The first kappa shape index (κ1) is 16.9. The van der Waals surface area contributed by atoms with Crippen molar-refractivity contribution in [3.63, 3.8) is 0 Å². The number of fused-ring (bicyclic) bond motifs is 4. The number of halogens is 1. The Morgan fingerprint density at radius 3 is 2.76 bits per heavy atom. The van der Waals surface area contributed by atoms with E-state index in [0.29, 0.717) is 23.6 Å². The van der Waals surface area contributed by atoms with Gasteiger partial charge in [0.05, 0.1) is 6.54 Å². The quantitative estimate of drug-likeness (QED) is 0.839. The predicted octanol–water partition coefficient (Wildman–Crippen LogP) is 2.78. The van der Waals surface area contributed by atoms with Crippen molar-refractivity contribution >= 4 is 11.6 Å². The third-order valence-corrected chi connectivity index (χ3v) is 5.46. The standard InChI is InChI=1S/C19H24ClN3O2/c1-21(2)10-14-3-5-17-15-7-13(9-23(17)19(14)24)8-22(11-15)12-16-4-6-18(20)25-16/h3-6,13,15H,7-12H2,1-2H3/t13-,15+/m0/s1. The molecule has 6 heteroatoms. The Balaban J connectivity index is 1.56. The van der Waals surface area contributed by atoms with Crippen LogP contribution in [0.15, 0.2) is 33.5 Å². The van der Waals surface area contributed by atoms with Crippen molar-refractivity contribution in [2.24, 2.45) is 5.92 Å². The molecule has 0 N–H and O–H groups in total. The Morgan fingerprint density at radius 1 is 1.20 bits per heavy atom. The van der Waals surface area contributed by atoms with Crippen molar-refractivity contribution in [3.05, 3.63) is 56.9 Å². The van der Waals surface area contributed by atoms with Crippen LogP contribution in [-0.4, -0.2) is 41.6 Å². The van der Waals surface area contributed by atoms with Gasteiger partial charge in [-0.2, -0.15) is 0 Å². The van der Waals surface area contributed by atoms with E-state index < -0.39 is 0 Å². The Labute approximate surface area is 152 Å². The van der Waals surface area contributed by atoms with E-state index >= 15 is 0 Å². The highest BCUT2D eigenvalue weighted by molar-refractivity contribution is 6.28. The summed E-state index contributed by atoms with van der Waals surface area (Å²) in [7, 11) is 3.99. The van der Waals surface area contributed by atoms with Crippen LogP contribution in [0, 0.1) is 5.92 Å². The van der Waals surface area contributed by atoms with Crippen LogP contribution in [-0.2, 0) is 19.6 Å². The van der Waals surface area contributed by atoms with Gasteiger partial charge in [-0.15, -0.1) is 0 Å². The second kappa shape index (κ2) is 6.63. The minimum atomic E-state index is 0.187. The summed E-state index contributed by atoms with van der Waals surface area (Å²) in [5.74, 6) is 1.84. The van der Waals surface area contributed by atoms with Crippen molar-refractivity contribution in [2.45, 2.75) is 32.0 Å². The summed E-state index contributed by atoms with van der Waals surface area (Å²) in [6, 6.07) is 7.91. The number of likely N-dealkylation sites (tertiary alicyclic amines) is 1. The molecule has 5 nitrogen and oxygen atoms in total. The van der Waals surface area contributed by atoms with Crippen LogP contribution in [0.2, 0.25) is 5.22 Å². The number of hydrogen-bond acceptors (Lipinski definition) is 4. The van der Waals surface area contributed by atoms with Crippen molar-refractivity contribution < 1.29 is 4.42 Å². The normalized spacial score (nSPS) is 23.0. The van der Waals surface area contributed by atoms with Gasteiger partial charge in [0.15, 0.2) is 5.22 Å². The van der Waals surface area contributed by atoms with E-state index in [0.717, 1.165) is 37.5 Å². The van der Waals surface area contributed by atoms with E-state index in [2.05, 4.69) is 11.0 Å². The molecule has 2 bridgehead atoms. The Hall–Kier alpha value is -1.56. The minimum absolute atomic E-state index is 0.187. The molecular formula is C19H24ClN3O2. The number of hydrogen-bond donors (Lipinski definition) is 0. The molecule has 25 heavy (non-hydrogen) atoms. The predicted molar refractivity (Wildman–Crippen MR) is 97.9 cm³/mol. The average Bonchev–Trinajstić information content (AvgIpc) is 2.95. The first-order valence-electron chi connectivity index (χ1n) is 8.83. The molecule has 2 atom stereocenters. The van der Waals surface area contributed by atoms with Crippen LogP contribution >= 0.6 is 11.6 Å². The zero-order valence-corrected chi connectivity index (χ0v) is 15.5. The van der Waals surface area contributed by atoms with Crippen LogP contribution in [0.1, 0.15) is 29.4 Å². The molecule has 0 aromatic carbocycles. The van der Waals surface area contributed by atoms with Gasteiger partial charge in [0.25, 0.3) is 5.56 Å². The highest BCUT2D eigenvalue weighted by Crippen LogP contribution is 2.35. The molecule has 0 amide bonds. The second-order valence-corrected chi connectivity index (χ2v) is 8.01. The van der Waals surface area contributed by atoms with Crippen molar-refractivity contribution in [3.8, 4) is 0 Å². The highest BCUT2D eigenvalue weighted by Gasteiger charge is 2.35. The molecule has 2 aromatic rings. The lowest BCUT2D eigenvalue weighted by Gasteiger charge is -2.42. The molecule has 1 fully saturated rings. The SMILES string of the molecule is CN(C)Cc1ccc2n(c1=O)C[C@H]1C[C@@H]2CN(Cc2ccc(Cl)o2)C1. The molecule has 134 valence electrons. The monoisotopic (exact) mass is 361 g/mol. The first-order valence-corrected chi connectivity index (χ1v) is 9.21. The van der Waals surface area contributed by atoms with Gasteiger partial charge in [-0.25, -0.2) is 0 Å². The lowest BCUT2D eigenvalue weighted by molar-refractivity contribution is 0.107. The fourth-order valence-electron chi connectivity index (χ4n) is 4.34. The third-order valence-electron chi connectivity index (χ3n) is 5.25. The van der Waals surface area contributed by atoms with E-state index in [4.69, 9.17) is 16.0 Å². The van der Waals surface area contributed by atoms with Gasteiger partial charge in [-0.3, -0.25) is 9.69 Å². The minimum Gasteiger partial charge on any atom is -0.448 e. The van der Waals surface area contributed by atoms with Crippen molar-refractivity contribution in [1.29, 1.82) is 0 Å². The summed E-state index contributed by atoms with van der Waals surface area (Å²) in [5.41, 5.74) is 2.26. The molecule has 2 aliphatic heterocycles. The van der Waals surface area contributed by atoms with Crippen molar-refractivity contribution in [1.82, 2.24) is 14.4 Å². The molecule has 0 radical (unpaired) electrons. The summed E-state index contributed by atoms with van der Waals surface area (Å²) in [6.45, 7) is 4.25. The van der Waals surface area contributed by atoms with Gasteiger partial charge in [0, 0.05) is 43.4 Å². The number of piperidine rings is 1. The molecule has 0 unspecified atom stereocenters. The Kier molecular flexibility index (Phi) is 4.48. The van der Waals surface area contributed by atoms with Gasteiger partial charge >= 0.3 is 0 Å². The van der Waals surface area contributed by atoms with E-state index in [1.807, 2.05) is 35.7 Å². The molecule has 2 aromatic heterocycles. The number of aromatic nitrogens is 1. The van der Waals surface area contributed by atoms with Crippen LogP contribution in [0.3, 0.4) is 0 Å². The van der Waals surface area contributed by atoms with E-state index in [1.165, 1.54) is 12.1 Å². The zero-order chi connectivity index (χ0) is 17.6. The molecule has 4 rings (SSSR count). The average molecular weight is 362 g/mol. The van der Waals surface area contributed by atoms with E-state index in [1.54, 1.807) is 6.07 Å². The van der Waals surface area contributed by atoms with Crippen LogP contribution < -0.4 is 5.56 Å². The molecule has 0 saturated carbocycles. The maximum absolute atomic E-state index is 12.8. The Morgan fingerprint density at radius 2 is 2.04 bits per heavy atom. The number of furan rings is 1. The summed E-state index contributed by atoms with van der Waals surface area (Å²) < 4.78 is 7.54. The topological polar surface area (TPSA) is 41.6 Å². The van der Waals surface area contributed by atoms with Gasteiger partial charge in [-0.05, 0) is 56.2 Å². The molecule has 2 aliphatic rings. The maximum Gasteiger partial charge on any atom is 0.255 e. The molecule has 4 heterocycles. The number of nitrogens with zero attached hydrogens (tertiary/aromatic N) is 3. The number of pyridine rings is 1. The summed E-state index contributed by atoms with van der Waals surface area (Å²) in [5, 5.41) is 0.442. The molecule has 0 aliphatic carbocycles. The van der Waals surface area contributed by atoms with Crippen LogP contribution in [0.4, 0.5) is 0 Å². The lowest BCUT2D eigenvalue weighted by atomic mass is 9.83. The maximum atomic E-state index is 12.8. The van der Waals surface area contributed by atoms with Crippen LogP contribution in [0.25, 0.3) is 0 Å². The van der Waals surface area contributed by atoms with E-state index in [9.17, 15) is 4.79 Å². The van der Waals surface area contributed by atoms with E-state index in [-0.39, 0.29) is 5.56 Å². The van der Waals surface area contributed by atoms with Gasteiger partial charge in [0.1, 0.15) is 5.76 Å². The fourth-order valence-corrected chi connectivity index (χ4v) is 4.50. The molecular weight excluding hydrogens is 338 g/mol. The van der Waals surface area contributed by atoms with Gasteiger partial charge in [0.2, 0.25) is 0 Å². The first-order chi connectivity index (χ1) is 12.0. The second-order valence-electron chi connectivity index (χ2n) is 7.64. The Bertz CT molecular complexity index is 826. The zero-order valence-electron chi connectivity index (χ0n) is 14.7. The lowest BCUT2D eigenvalue weighted by Crippen LogP contribution is -2.47. The smallest absolute Gasteiger partial charge is 0.255 e. The van der Waals surface area contributed by atoms with Crippen molar-refractivity contribution in [2.75, 3.05) is 27.2 Å². The molecule has 0 spiro atoms. The highest BCUT2D eigenvalue weighted by atomic mass is 35.5. The van der Waals surface area contributed by atoms with Gasteiger partial charge < -0.3 is 13.9 Å².